The molecule has 4 aliphatic rings. The maximum atomic E-state index is 12.9. The molecule has 4 aliphatic carbocycles. The van der Waals surface area contributed by atoms with Gasteiger partial charge in [-0.05, 0) is 75.7 Å². The van der Waals surface area contributed by atoms with Gasteiger partial charge in [-0.15, -0.1) is 10.2 Å². The molecule has 1 aromatic rings. The third kappa shape index (κ3) is 4.29. The lowest BCUT2D eigenvalue weighted by Crippen LogP contribution is -2.56. The van der Waals surface area contributed by atoms with E-state index in [0.717, 1.165) is 43.5 Å². The number of nitriles is 1. The van der Waals surface area contributed by atoms with Gasteiger partial charge < -0.3 is 10.2 Å². The van der Waals surface area contributed by atoms with Crippen molar-refractivity contribution in [2.45, 2.75) is 101 Å². The van der Waals surface area contributed by atoms with Gasteiger partial charge in [-0.3, -0.25) is 4.79 Å². The van der Waals surface area contributed by atoms with Crippen molar-refractivity contribution in [3.8, 4) is 6.07 Å². The Labute approximate surface area is 197 Å². The Hall–Kier alpha value is -2.01. The number of carbonyl (C=O) groups excluding carboxylic acids is 1. The van der Waals surface area contributed by atoms with Crippen LogP contribution < -0.4 is 5.32 Å². The van der Waals surface area contributed by atoms with E-state index in [1.54, 1.807) is 4.90 Å². The van der Waals surface area contributed by atoms with E-state index >= 15 is 0 Å². The maximum Gasteiger partial charge on any atom is 0.237 e. The molecule has 1 heterocycles. The van der Waals surface area contributed by atoms with E-state index < -0.39 is 0 Å². The van der Waals surface area contributed by atoms with Crippen molar-refractivity contribution in [1.82, 2.24) is 30.8 Å². The zero-order valence-corrected chi connectivity index (χ0v) is 20.0. The van der Waals surface area contributed by atoms with Crippen molar-refractivity contribution in [3.63, 3.8) is 0 Å². The first-order valence-electron chi connectivity index (χ1n) is 13.3. The fourth-order valence-corrected chi connectivity index (χ4v) is 7.91. The Morgan fingerprint density at radius 1 is 1.15 bits per heavy atom. The highest BCUT2D eigenvalue weighted by atomic mass is 16.2. The summed E-state index contributed by atoms with van der Waals surface area (Å²) in [7, 11) is 0. The molecule has 0 saturated heterocycles. The number of fused-ring (bicyclic) bond motifs is 2. The molecule has 5 rings (SSSR count). The Morgan fingerprint density at radius 3 is 2.39 bits per heavy atom. The molecule has 0 spiro atoms. The van der Waals surface area contributed by atoms with Crippen molar-refractivity contribution in [2.75, 3.05) is 13.1 Å². The molecule has 5 atom stereocenters. The summed E-state index contributed by atoms with van der Waals surface area (Å²) < 4.78 is 0. The average Bonchev–Trinajstić information content (AvgIpc) is 3.51. The summed E-state index contributed by atoms with van der Waals surface area (Å²) in [6, 6.07) is 2.14. The predicted octanol–water partition coefficient (Wildman–Crippen LogP) is 3.34. The third-order valence-corrected chi connectivity index (χ3v) is 9.33. The van der Waals surface area contributed by atoms with Gasteiger partial charge in [0.25, 0.3) is 0 Å². The number of aromatic amines is 1. The number of H-pyrrole nitrogens is 1. The summed E-state index contributed by atoms with van der Waals surface area (Å²) in [5, 5.41) is 28.8. The summed E-state index contributed by atoms with van der Waals surface area (Å²) in [6.07, 6.45) is 14.9. The number of hydrogen-bond acceptors (Lipinski definition) is 6. The van der Waals surface area contributed by atoms with Crippen LogP contribution >= 0.6 is 0 Å². The number of tetrazole rings is 1. The van der Waals surface area contributed by atoms with Gasteiger partial charge in [-0.1, -0.05) is 43.7 Å². The molecule has 1 aromatic heterocycles. The van der Waals surface area contributed by atoms with Crippen LogP contribution in [-0.2, 0) is 10.2 Å². The second-order valence-corrected chi connectivity index (χ2v) is 11.1. The van der Waals surface area contributed by atoms with E-state index in [4.69, 9.17) is 0 Å². The molecule has 4 saturated carbocycles. The van der Waals surface area contributed by atoms with Crippen molar-refractivity contribution in [1.29, 1.82) is 5.26 Å². The average molecular weight is 454 g/mol. The van der Waals surface area contributed by atoms with Gasteiger partial charge in [-0.25, -0.2) is 0 Å². The lowest BCUT2D eigenvalue weighted by Gasteiger charge is -2.58. The van der Waals surface area contributed by atoms with Crippen LogP contribution in [0.25, 0.3) is 0 Å². The molecule has 0 bridgehead atoms. The van der Waals surface area contributed by atoms with Crippen LogP contribution in [0, 0.1) is 35.0 Å². The number of rotatable bonds is 8. The molecule has 5 unspecified atom stereocenters. The van der Waals surface area contributed by atoms with Crippen LogP contribution in [-0.4, -0.2) is 56.6 Å². The largest absolute Gasteiger partial charge is 0.323 e. The second-order valence-electron chi connectivity index (χ2n) is 11.1. The van der Waals surface area contributed by atoms with E-state index in [-0.39, 0.29) is 23.4 Å². The Morgan fingerprint density at radius 2 is 1.82 bits per heavy atom. The zero-order valence-electron chi connectivity index (χ0n) is 20.0. The third-order valence-electron chi connectivity index (χ3n) is 9.33. The van der Waals surface area contributed by atoms with E-state index in [9.17, 15) is 10.1 Å². The number of hydrogen-bond donors (Lipinski definition) is 2. The molecule has 8 nitrogen and oxygen atoms in total. The molecule has 0 radical (unpaired) electrons. The molecule has 180 valence electrons. The van der Waals surface area contributed by atoms with Crippen molar-refractivity contribution in [3.05, 3.63) is 5.82 Å². The second kappa shape index (κ2) is 9.69. The molecule has 0 aliphatic heterocycles. The van der Waals surface area contributed by atoms with Gasteiger partial charge in [0.05, 0.1) is 12.6 Å². The van der Waals surface area contributed by atoms with Gasteiger partial charge in [0.1, 0.15) is 6.04 Å². The van der Waals surface area contributed by atoms with E-state index in [2.05, 4.69) is 32.0 Å². The molecule has 0 aromatic carbocycles. The minimum absolute atomic E-state index is 0.0480. The normalized spacial score (nSPS) is 34.5. The minimum Gasteiger partial charge on any atom is -0.323 e. The summed E-state index contributed by atoms with van der Waals surface area (Å²) >= 11 is 0. The standard InChI is InChI=1S/C25H39N7O/c1-17(15-26)32(20-10-11-20)23(33)16-27-13-12-25(24-28-30-31-29-24)21-8-4-2-6-18(21)14-19-7-3-5-9-22(19)25/h17-22,27H,2-14,16H2,1H3,(H,28,29,30,31). The van der Waals surface area contributed by atoms with E-state index in [0.29, 0.717) is 18.4 Å². The van der Waals surface area contributed by atoms with Crippen molar-refractivity contribution >= 4 is 5.91 Å². The van der Waals surface area contributed by atoms with Crippen LogP contribution in [0.1, 0.15) is 89.8 Å². The van der Waals surface area contributed by atoms with Gasteiger partial charge in [0.15, 0.2) is 5.82 Å². The maximum absolute atomic E-state index is 12.9. The Balaban J connectivity index is 1.33. The molecular formula is C25H39N7O. The molecule has 2 N–H and O–H groups in total. The SMILES string of the molecule is CC(C#N)N(C(=O)CNCCC1(c2nn[nH]n2)C2CCCCC2CC2CCCCC21)C1CC1. The number of nitrogens with zero attached hydrogens (tertiary/aromatic N) is 5. The molecule has 8 heteroatoms. The lowest BCUT2D eigenvalue weighted by atomic mass is 9.46. The van der Waals surface area contributed by atoms with E-state index in [1.807, 2.05) is 6.92 Å². The van der Waals surface area contributed by atoms with Crippen LogP contribution in [0.2, 0.25) is 0 Å². The minimum atomic E-state index is -0.359. The first-order valence-corrected chi connectivity index (χ1v) is 13.3. The van der Waals surface area contributed by atoms with Gasteiger partial charge in [-0.2, -0.15) is 10.5 Å². The number of carbonyl (C=O) groups is 1. The highest BCUT2D eigenvalue weighted by molar-refractivity contribution is 5.79. The quantitative estimate of drug-likeness (QED) is 0.584. The fraction of sp³-hybridized carbons (Fsp3) is 0.880. The molecular weight excluding hydrogens is 414 g/mol. The monoisotopic (exact) mass is 453 g/mol. The summed E-state index contributed by atoms with van der Waals surface area (Å²) in [6.45, 7) is 2.90. The predicted molar refractivity (Wildman–Crippen MR) is 124 cm³/mol. The number of aromatic nitrogens is 4. The van der Waals surface area contributed by atoms with Crippen LogP contribution in [0.5, 0.6) is 0 Å². The molecule has 33 heavy (non-hydrogen) atoms. The summed E-state index contributed by atoms with van der Waals surface area (Å²) in [4.78, 5) is 14.7. The van der Waals surface area contributed by atoms with Crippen LogP contribution in [0.15, 0.2) is 0 Å². The van der Waals surface area contributed by atoms with Gasteiger partial charge >= 0.3 is 0 Å². The highest BCUT2D eigenvalue weighted by Crippen LogP contribution is 2.60. The first-order chi connectivity index (χ1) is 16.1. The molecule has 1 amide bonds. The van der Waals surface area contributed by atoms with Crippen molar-refractivity contribution < 1.29 is 4.79 Å². The fourth-order valence-electron chi connectivity index (χ4n) is 7.91. The van der Waals surface area contributed by atoms with Crippen LogP contribution in [0.3, 0.4) is 0 Å². The Kier molecular flexibility index (Phi) is 6.69. The van der Waals surface area contributed by atoms with Crippen LogP contribution in [0.4, 0.5) is 0 Å². The Bertz CT molecular complexity index is 823. The van der Waals surface area contributed by atoms with E-state index in [1.165, 1.54) is 57.8 Å². The molecule has 4 fully saturated rings. The number of amides is 1. The lowest BCUT2D eigenvalue weighted by molar-refractivity contribution is -0.131. The smallest absolute Gasteiger partial charge is 0.237 e. The summed E-state index contributed by atoms with van der Waals surface area (Å²) in [5.74, 6) is 3.72. The topological polar surface area (TPSA) is 111 Å². The van der Waals surface area contributed by atoms with Gasteiger partial charge in [0, 0.05) is 11.5 Å². The van der Waals surface area contributed by atoms with Gasteiger partial charge in [0.2, 0.25) is 5.91 Å². The highest BCUT2D eigenvalue weighted by Gasteiger charge is 2.58. The van der Waals surface area contributed by atoms with Crippen molar-refractivity contribution in [2.24, 2.45) is 23.7 Å². The summed E-state index contributed by atoms with van der Waals surface area (Å²) in [5.41, 5.74) is -0.0480. The first kappa shape index (κ1) is 22.8. The zero-order chi connectivity index (χ0) is 22.8. The number of nitrogens with one attached hydrogen (secondary N) is 2.